The molecule has 0 atom stereocenters. The number of hydrogen-bond acceptors (Lipinski definition) is 4. The average molecular weight is 234 g/mol. The average Bonchev–Trinajstić information content (AvgIpc) is 2.51. The summed E-state index contributed by atoms with van der Waals surface area (Å²) in [6, 6.07) is 12.1. The lowest BCUT2D eigenvalue weighted by atomic mass is 10.1. The largest absolute Gasteiger partial charge is 0.256 e. The molecule has 1 aromatic carbocycles. The van der Waals surface area contributed by atoms with E-state index in [1.165, 1.54) is 0 Å². The summed E-state index contributed by atoms with van der Waals surface area (Å²) >= 11 is 0. The number of nitrogens with zero attached hydrogens (tertiary/aromatic N) is 4. The Kier molecular flexibility index (Phi) is 4.78. The summed E-state index contributed by atoms with van der Waals surface area (Å²) in [6.07, 6.45) is 3.62. The first-order chi connectivity index (χ1) is 8.95. The normalized spacial score (nSPS) is 8.67. The molecule has 0 unspecified atom stereocenters. The standard InChI is InChI=1S/C12H8N2.2CHN/c1-3-9-5-6-11-10(4-2-7-13-11)12(9)14-8-1;2*1-2/h1-8H;2*1H. The van der Waals surface area contributed by atoms with E-state index in [1.54, 1.807) is 6.20 Å². The van der Waals surface area contributed by atoms with E-state index in [0.717, 1.165) is 21.8 Å². The van der Waals surface area contributed by atoms with E-state index in [-0.39, 0.29) is 0 Å². The zero-order chi connectivity index (χ0) is 13.4. The van der Waals surface area contributed by atoms with Crippen LogP contribution in [0, 0.1) is 23.7 Å². The van der Waals surface area contributed by atoms with Gasteiger partial charge in [0.2, 0.25) is 0 Å². The van der Waals surface area contributed by atoms with Gasteiger partial charge in [-0.15, -0.1) is 0 Å². The predicted molar refractivity (Wildman–Crippen MR) is 70.4 cm³/mol. The van der Waals surface area contributed by atoms with Crippen molar-refractivity contribution in [1.29, 1.82) is 10.5 Å². The Hall–Kier alpha value is -2.98. The van der Waals surface area contributed by atoms with Gasteiger partial charge in [0, 0.05) is 36.3 Å². The van der Waals surface area contributed by atoms with Gasteiger partial charge in [-0.2, -0.15) is 0 Å². The predicted octanol–water partition coefficient (Wildman–Crippen LogP) is 3.06. The fraction of sp³-hybridized carbons (Fsp3) is 0. The Bertz CT molecular complexity index is 625. The molecule has 0 saturated heterocycles. The van der Waals surface area contributed by atoms with Crippen LogP contribution in [0.5, 0.6) is 0 Å². The van der Waals surface area contributed by atoms with Gasteiger partial charge in [-0.05, 0) is 24.3 Å². The van der Waals surface area contributed by atoms with Crippen molar-refractivity contribution in [2.24, 2.45) is 0 Å². The summed E-state index contributed by atoms with van der Waals surface area (Å²) in [7, 11) is 0. The van der Waals surface area contributed by atoms with Gasteiger partial charge >= 0.3 is 0 Å². The van der Waals surface area contributed by atoms with E-state index < -0.39 is 0 Å². The van der Waals surface area contributed by atoms with Crippen molar-refractivity contribution in [3.8, 4) is 13.1 Å². The van der Waals surface area contributed by atoms with Crippen LogP contribution in [-0.4, -0.2) is 9.97 Å². The second-order valence-electron chi connectivity index (χ2n) is 3.21. The van der Waals surface area contributed by atoms with Crippen molar-refractivity contribution in [2.45, 2.75) is 0 Å². The van der Waals surface area contributed by atoms with Crippen LogP contribution in [-0.2, 0) is 0 Å². The van der Waals surface area contributed by atoms with Crippen LogP contribution in [0.15, 0.2) is 48.8 Å². The fourth-order valence-corrected chi connectivity index (χ4v) is 1.70. The Labute approximate surface area is 105 Å². The van der Waals surface area contributed by atoms with E-state index >= 15 is 0 Å². The second-order valence-corrected chi connectivity index (χ2v) is 3.21. The summed E-state index contributed by atoms with van der Waals surface area (Å²) < 4.78 is 0. The molecular weight excluding hydrogens is 224 g/mol. The zero-order valence-corrected chi connectivity index (χ0v) is 9.56. The lowest BCUT2D eigenvalue weighted by molar-refractivity contribution is 1.39. The number of pyridine rings is 2. The molecule has 4 nitrogen and oxygen atoms in total. The molecule has 0 aliphatic heterocycles. The molecule has 0 bridgehead atoms. The Morgan fingerprint density at radius 2 is 1.44 bits per heavy atom. The summed E-state index contributed by atoms with van der Waals surface area (Å²) in [4.78, 5) is 8.66. The van der Waals surface area contributed by atoms with E-state index in [1.807, 2.05) is 24.4 Å². The Morgan fingerprint density at radius 1 is 0.778 bits per heavy atom. The number of aromatic nitrogens is 2. The van der Waals surface area contributed by atoms with Gasteiger partial charge in [-0.3, -0.25) is 9.97 Å². The summed E-state index contributed by atoms with van der Waals surface area (Å²) in [5.74, 6) is 0. The first kappa shape index (κ1) is 13.1. The third-order valence-electron chi connectivity index (χ3n) is 2.35. The molecule has 0 aliphatic rings. The molecule has 4 heteroatoms. The maximum atomic E-state index is 6.50. The minimum absolute atomic E-state index is 0.999. The molecule has 3 rings (SSSR count). The fourth-order valence-electron chi connectivity index (χ4n) is 1.70. The van der Waals surface area contributed by atoms with E-state index in [4.69, 9.17) is 10.5 Å². The second kappa shape index (κ2) is 6.57. The van der Waals surface area contributed by atoms with Crippen molar-refractivity contribution in [2.75, 3.05) is 0 Å². The maximum absolute atomic E-state index is 6.50. The van der Waals surface area contributed by atoms with Crippen LogP contribution in [0.2, 0.25) is 0 Å². The van der Waals surface area contributed by atoms with Crippen LogP contribution >= 0.6 is 0 Å². The van der Waals surface area contributed by atoms with Crippen LogP contribution in [0.25, 0.3) is 21.8 Å². The molecule has 2 heterocycles. The van der Waals surface area contributed by atoms with Gasteiger partial charge in [0.15, 0.2) is 0 Å². The third kappa shape index (κ3) is 2.40. The molecule has 2 aromatic heterocycles. The number of rotatable bonds is 0. The van der Waals surface area contributed by atoms with Crippen LogP contribution < -0.4 is 0 Å². The lowest BCUT2D eigenvalue weighted by Gasteiger charge is -2.00. The molecule has 0 N–H and O–H groups in total. The molecule has 86 valence electrons. The summed E-state index contributed by atoms with van der Waals surface area (Å²) in [5, 5.41) is 15.3. The molecule has 3 aromatic rings. The van der Waals surface area contributed by atoms with Crippen molar-refractivity contribution in [1.82, 2.24) is 9.97 Å². The first-order valence-corrected chi connectivity index (χ1v) is 5.05. The van der Waals surface area contributed by atoms with Gasteiger partial charge in [0.1, 0.15) is 0 Å². The van der Waals surface area contributed by atoms with Crippen molar-refractivity contribution in [3.05, 3.63) is 48.8 Å². The highest BCUT2D eigenvalue weighted by molar-refractivity contribution is 6.03. The van der Waals surface area contributed by atoms with Crippen LogP contribution in [0.1, 0.15) is 0 Å². The van der Waals surface area contributed by atoms with Crippen LogP contribution in [0.3, 0.4) is 0 Å². The highest BCUT2D eigenvalue weighted by Crippen LogP contribution is 2.20. The minimum Gasteiger partial charge on any atom is -0.256 e. The molecule has 0 fully saturated rings. The topological polar surface area (TPSA) is 73.4 Å². The van der Waals surface area contributed by atoms with Gasteiger partial charge in [0.05, 0.1) is 11.0 Å². The summed E-state index contributed by atoms with van der Waals surface area (Å²) in [5.41, 5.74) is 2.02. The van der Waals surface area contributed by atoms with Crippen molar-refractivity contribution in [3.63, 3.8) is 0 Å². The van der Waals surface area contributed by atoms with E-state index in [2.05, 4.69) is 41.3 Å². The molecule has 18 heavy (non-hydrogen) atoms. The first-order valence-electron chi connectivity index (χ1n) is 5.05. The minimum atomic E-state index is 0.999. The Balaban J connectivity index is 0.000000371. The van der Waals surface area contributed by atoms with Gasteiger partial charge in [-0.25, -0.2) is 10.5 Å². The van der Waals surface area contributed by atoms with Gasteiger partial charge in [0.25, 0.3) is 0 Å². The quantitative estimate of drug-likeness (QED) is 0.560. The van der Waals surface area contributed by atoms with Crippen molar-refractivity contribution < 1.29 is 0 Å². The number of benzene rings is 1. The number of hydrogen-bond donors (Lipinski definition) is 0. The van der Waals surface area contributed by atoms with E-state index in [0.29, 0.717) is 0 Å². The molecule has 0 spiro atoms. The Morgan fingerprint density at radius 3 is 2.22 bits per heavy atom. The smallest absolute Gasteiger partial charge is 0.0795 e. The maximum Gasteiger partial charge on any atom is 0.0795 e. The third-order valence-corrected chi connectivity index (χ3v) is 2.35. The summed E-state index contributed by atoms with van der Waals surface area (Å²) in [6.45, 7) is 7.00. The van der Waals surface area contributed by atoms with Gasteiger partial charge in [-0.1, -0.05) is 12.1 Å². The lowest BCUT2D eigenvalue weighted by Crippen LogP contribution is -1.82. The number of fused-ring (bicyclic) bond motifs is 3. The van der Waals surface area contributed by atoms with Crippen molar-refractivity contribution >= 4 is 21.8 Å². The highest BCUT2D eigenvalue weighted by atomic mass is 14.7. The highest BCUT2D eigenvalue weighted by Gasteiger charge is 1.99. The SMILES string of the molecule is C#N.C#N.c1cnc2c(c1)ccc1ncccc12. The molecule has 0 saturated carbocycles. The molecule has 0 radical (unpaired) electrons. The molecular formula is C14H10N4. The van der Waals surface area contributed by atoms with E-state index in [9.17, 15) is 0 Å². The molecule has 0 amide bonds. The van der Waals surface area contributed by atoms with Gasteiger partial charge < -0.3 is 0 Å². The monoisotopic (exact) mass is 234 g/mol. The van der Waals surface area contributed by atoms with Crippen LogP contribution in [0.4, 0.5) is 0 Å². The number of nitriles is 2. The zero-order valence-electron chi connectivity index (χ0n) is 9.56. The molecule has 0 aliphatic carbocycles.